The molecule has 0 aliphatic rings. The van der Waals surface area contributed by atoms with Crippen molar-refractivity contribution in [2.24, 2.45) is 0 Å². The third-order valence-electron chi connectivity index (χ3n) is 5.14. The molecule has 0 unspecified atom stereocenters. The molecule has 0 aliphatic carbocycles. The van der Waals surface area contributed by atoms with E-state index in [1.54, 1.807) is 24.3 Å². The zero-order chi connectivity index (χ0) is 22.7. The van der Waals surface area contributed by atoms with Gasteiger partial charge in [0.1, 0.15) is 11.6 Å². The Kier molecular flexibility index (Phi) is 6.99. The van der Waals surface area contributed by atoms with Gasteiger partial charge in [0.05, 0.1) is 21.1 Å². The molecule has 4 rings (SSSR count). The van der Waals surface area contributed by atoms with E-state index in [-0.39, 0.29) is 18.1 Å². The molecule has 32 heavy (non-hydrogen) atoms. The van der Waals surface area contributed by atoms with Crippen LogP contribution in [-0.2, 0) is 24.3 Å². The van der Waals surface area contributed by atoms with Crippen molar-refractivity contribution in [2.45, 2.75) is 25.9 Å². The Balaban J connectivity index is 1.54. The second kappa shape index (κ2) is 9.90. The third-order valence-corrected chi connectivity index (χ3v) is 6.23. The highest BCUT2D eigenvalue weighted by molar-refractivity contribution is 6.42. The van der Waals surface area contributed by atoms with E-state index in [4.69, 9.17) is 39.8 Å². The van der Waals surface area contributed by atoms with Gasteiger partial charge in [-0.05, 0) is 41.5 Å². The summed E-state index contributed by atoms with van der Waals surface area (Å²) in [6, 6.07) is 17.1. The number of imidazole rings is 1. The summed E-state index contributed by atoms with van der Waals surface area (Å²) >= 11 is 18.8. The van der Waals surface area contributed by atoms with Crippen LogP contribution in [0.4, 0.5) is 4.39 Å². The summed E-state index contributed by atoms with van der Waals surface area (Å²) in [5.41, 5.74) is 3.26. The van der Waals surface area contributed by atoms with Crippen LogP contribution < -0.4 is 5.32 Å². The lowest BCUT2D eigenvalue weighted by atomic mass is 10.1. The van der Waals surface area contributed by atoms with Crippen LogP contribution in [0.2, 0.25) is 15.1 Å². The number of halogens is 4. The van der Waals surface area contributed by atoms with Crippen molar-refractivity contribution in [2.75, 3.05) is 0 Å². The number of fused-ring (bicyclic) bond motifs is 1. The molecule has 0 radical (unpaired) electrons. The molecule has 0 atom stereocenters. The molecule has 0 fully saturated rings. The van der Waals surface area contributed by atoms with E-state index in [1.807, 2.05) is 28.8 Å². The lowest BCUT2D eigenvalue weighted by Gasteiger charge is -2.11. The van der Waals surface area contributed by atoms with Crippen molar-refractivity contribution in [1.82, 2.24) is 14.9 Å². The van der Waals surface area contributed by atoms with Gasteiger partial charge in [0, 0.05) is 31.0 Å². The highest BCUT2D eigenvalue weighted by Crippen LogP contribution is 2.30. The Labute approximate surface area is 199 Å². The first-order valence-corrected chi connectivity index (χ1v) is 11.1. The fourth-order valence-electron chi connectivity index (χ4n) is 3.47. The first-order chi connectivity index (χ1) is 15.4. The molecule has 1 N–H and O–H groups in total. The van der Waals surface area contributed by atoms with E-state index in [9.17, 15) is 9.18 Å². The number of benzene rings is 3. The van der Waals surface area contributed by atoms with Gasteiger partial charge in [0.25, 0.3) is 0 Å². The number of rotatable bonds is 7. The van der Waals surface area contributed by atoms with Gasteiger partial charge in [-0.1, -0.05) is 65.1 Å². The molecule has 1 aromatic heterocycles. The van der Waals surface area contributed by atoms with Crippen molar-refractivity contribution in [1.29, 1.82) is 0 Å². The molecule has 4 nitrogen and oxygen atoms in total. The summed E-state index contributed by atoms with van der Waals surface area (Å²) in [5, 5.41) is 4.36. The zero-order valence-corrected chi connectivity index (χ0v) is 19.2. The van der Waals surface area contributed by atoms with Crippen molar-refractivity contribution in [3.8, 4) is 0 Å². The number of aryl methyl sites for hydroxylation is 1. The molecule has 0 saturated heterocycles. The Bertz CT molecular complexity index is 1270. The van der Waals surface area contributed by atoms with Crippen molar-refractivity contribution in [3.05, 3.63) is 98.5 Å². The lowest BCUT2D eigenvalue weighted by molar-refractivity contribution is -0.121. The maximum Gasteiger partial charge on any atom is 0.222 e. The van der Waals surface area contributed by atoms with Crippen LogP contribution >= 0.6 is 34.8 Å². The second-order valence-electron chi connectivity index (χ2n) is 7.36. The van der Waals surface area contributed by atoms with Gasteiger partial charge in [-0.15, -0.1) is 0 Å². The summed E-state index contributed by atoms with van der Waals surface area (Å²) in [7, 11) is 0. The molecule has 0 spiro atoms. The fourth-order valence-corrected chi connectivity index (χ4v) is 3.99. The molecule has 0 saturated carbocycles. The summed E-state index contributed by atoms with van der Waals surface area (Å²) in [6.07, 6.45) is 0.739. The second-order valence-corrected chi connectivity index (χ2v) is 8.58. The first-order valence-electron chi connectivity index (χ1n) is 9.99. The molecule has 4 aromatic rings. The van der Waals surface area contributed by atoms with Gasteiger partial charge in [0.15, 0.2) is 0 Å². The Morgan fingerprint density at radius 3 is 2.44 bits per heavy atom. The number of hydrogen-bond acceptors (Lipinski definition) is 2. The van der Waals surface area contributed by atoms with Crippen LogP contribution in [0.1, 0.15) is 23.4 Å². The maximum absolute atomic E-state index is 13.0. The zero-order valence-electron chi connectivity index (χ0n) is 16.9. The van der Waals surface area contributed by atoms with E-state index < -0.39 is 0 Å². The Morgan fingerprint density at radius 2 is 1.69 bits per heavy atom. The molecular weight excluding hydrogens is 472 g/mol. The minimum atomic E-state index is -0.308. The number of nitrogens with one attached hydrogen (secondary N) is 1. The third kappa shape index (κ3) is 5.23. The van der Waals surface area contributed by atoms with Gasteiger partial charge < -0.3 is 9.88 Å². The maximum atomic E-state index is 13.0. The topological polar surface area (TPSA) is 46.9 Å². The predicted octanol–water partition coefficient (Wildman–Crippen LogP) is 6.43. The largest absolute Gasteiger partial charge is 0.352 e. The Hall–Kier alpha value is -2.60. The van der Waals surface area contributed by atoms with Crippen LogP contribution in [-0.4, -0.2) is 15.5 Å². The summed E-state index contributed by atoms with van der Waals surface area (Å²) in [5.74, 6) is 0.328. The quantitative estimate of drug-likeness (QED) is 0.324. The molecule has 0 aliphatic heterocycles. The monoisotopic (exact) mass is 489 g/mol. The number of carbonyl (C=O) groups excluding carboxylic acids is 1. The van der Waals surface area contributed by atoms with Gasteiger partial charge >= 0.3 is 0 Å². The number of amides is 1. The van der Waals surface area contributed by atoms with E-state index in [0.29, 0.717) is 40.1 Å². The van der Waals surface area contributed by atoms with Crippen LogP contribution in [0.15, 0.2) is 60.7 Å². The minimum Gasteiger partial charge on any atom is -0.352 e. The highest BCUT2D eigenvalue weighted by atomic mass is 35.5. The predicted molar refractivity (Wildman–Crippen MR) is 127 cm³/mol. The smallest absolute Gasteiger partial charge is 0.222 e. The number of carbonyl (C=O) groups is 1. The van der Waals surface area contributed by atoms with E-state index in [1.165, 1.54) is 12.1 Å². The highest BCUT2D eigenvalue weighted by Gasteiger charge is 2.16. The average molecular weight is 491 g/mol. The van der Waals surface area contributed by atoms with Gasteiger partial charge in [-0.3, -0.25) is 4.79 Å². The first kappa shape index (κ1) is 22.6. The molecule has 3 aromatic carbocycles. The number of aromatic nitrogens is 2. The lowest BCUT2D eigenvalue weighted by Crippen LogP contribution is -2.24. The normalized spacial score (nSPS) is 11.1. The Morgan fingerprint density at radius 1 is 0.969 bits per heavy atom. The number of nitrogens with zero attached hydrogens (tertiary/aromatic N) is 2. The molecule has 1 heterocycles. The van der Waals surface area contributed by atoms with Gasteiger partial charge in [-0.2, -0.15) is 0 Å². The van der Waals surface area contributed by atoms with Crippen LogP contribution in [0.5, 0.6) is 0 Å². The molecule has 164 valence electrons. The number of hydrogen-bond donors (Lipinski definition) is 1. The fraction of sp³-hybridized carbons (Fsp3) is 0.167. The summed E-state index contributed by atoms with van der Waals surface area (Å²) < 4.78 is 15.0. The molecule has 1 amide bonds. The van der Waals surface area contributed by atoms with Crippen LogP contribution in [0.25, 0.3) is 11.0 Å². The van der Waals surface area contributed by atoms with Crippen molar-refractivity contribution < 1.29 is 9.18 Å². The van der Waals surface area contributed by atoms with Crippen molar-refractivity contribution in [3.63, 3.8) is 0 Å². The van der Waals surface area contributed by atoms with Crippen LogP contribution in [0, 0.1) is 5.82 Å². The van der Waals surface area contributed by atoms with E-state index in [0.717, 1.165) is 22.5 Å². The van der Waals surface area contributed by atoms with Crippen molar-refractivity contribution >= 4 is 51.7 Å². The van der Waals surface area contributed by atoms with Gasteiger partial charge in [-0.25, -0.2) is 9.37 Å². The molecule has 0 bridgehead atoms. The van der Waals surface area contributed by atoms with Gasteiger partial charge in [0.2, 0.25) is 5.91 Å². The SMILES string of the molecule is O=C(CCn1c(Cc2ccccc2Cl)nc2cc(Cl)c(Cl)cc21)NCc1ccc(F)cc1. The summed E-state index contributed by atoms with van der Waals surface area (Å²) in [4.78, 5) is 17.2. The molecular formula is C24H19Cl3FN3O. The van der Waals surface area contributed by atoms with E-state index >= 15 is 0 Å². The summed E-state index contributed by atoms with van der Waals surface area (Å²) in [6.45, 7) is 0.737. The minimum absolute atomic E-state index is 0.125. The standard InChI is InChI=1S/C24H19Cl3FN3O/c25-18-4-2-1-3-16(18)11-23-30-21-12-19(26)20(27)13-22(21)31(23)10-9-24(32)29-14-15-5-7-17(28)8-6-15/h1-8,12-13H,9-11,14H2,(H,29,32). The van der Waals surface area contributed by atoms with E-state index in [2.05, 4.69) is 5.32 Å². The van der Waals surface area contributed by atoms with Crippen LogP contribution in [0.3, 0.4) is 0 Å². The molecule has 8 heteroatoms. The average Bonchev–Trinajstić information content (AvgIpc) is 3.09.